The first-order valence-electron chi connectivity index (χ1n) is 5.57. The molecule has 0 fully saturated rings. The Hall–Kier alpha value is -0.820. The second kappa shape index (κ2) is 6.70. The summed E-state index contributed by atoms with van der Waals surface area (Å²) in [7, 11) is 2.15. The van der Waals surface area contributed by atoms with Gasteiger partial charge in [0.25, 0.3) is 0 Å². The van der Waals surface area contributed by atoms with Crippen LogP contribution in [0.3, 0.4) is 0 Å². The third kappa shape index (κ3) is 4.36. The van der Waals surface area contributed by atoms with Gasteiger partial charge in [0.15, 0.2) is 0 Å². The van der Waals surface area contributed by atoms with Gasteiger partial charge in [0.2, 0.25) is 0 Å². The number of hydrogen-bond acceptors (Lipinski definition) is 3. The Bertz CT molecular complexity index is 371. The summed E-state index contributed by atoms with van der Waals surface area (Å²) in [6, 6.07) is 2.08. The van der Waals surface area contributed by atoms with Crippen LogP contribution in [0.25, 0.3) is 0 Å². The van der Waals surface area contributed by atoms with Crippen LogP contribution < -0.4 is 5.73 Å². The van der Waals surface area contributed by atoms with Gasteiger partial charge in [-0.3, -0.25) is 0 Å². The molecule has 3 heteroatoms. The molecule has 0 saturated heterocycles. The lowest BCUT2D eigenvalue weighted by molar-refractivity contribution is 0.290. The van der Waals surface area contributed by atoms with Gasteiger partial charge in [0.1, 0.15) is 0 Å². The van der Waals surface area contributed by atoms with Crippen LogP contribution >= 0.6 is 11.3 Å². The van der Waals surface area contributed by atoms with E-state index in [1.54, 1.807) is 11.3 Å². The molecular weight excluding hydrogens is 216 g/mol. The van der Waals surface area contributed by atoms with E-state index >= 15 is 0 Å². The van der Waals surface area contributed by atoms with Crippen LogP contribution in [0.2, 0.25) is 0 Å². The third-order valence-electron chi connectivity index (χ3n) is 2.16. The summed E-state index contributed by atoms with van der Waals surface area (Å²) in [6.07, 6.45) is 0. The van der Waals surface area contributed by atoms with Crippen LogP contribution in [0.5, 0.6) is 0 Å². The molecular formula is C13H20N2S. The number of hydrogen-bond donors (Lipinski definition) is 1. The molecule has 0 aliphatic rings. The van der Waals surface area contributed by atoms with E-state index in [1.165, 1.54) is 4.88 Å². The Balaban J connectivity index is 2.63. The maximum Gasteiger partial charge on any atom is 0.0555 e. The van der Waals surface area contributed by atoms with E-state index in [-0.39, 0.29) is 0 Å². The molecule has 16 heavy (non-hydrogen) atoms. The Morgan fingerprint density at radius 3 is 2.88 bits per heavy atom. The van der Waals surface area contributed by atoms with Gasteiger partial charge in [-0.2, -0.15) is 0 Å². The third-order valence-corrected chi connectivity index (χ3v) is 3.07. The fraction of sp³-hybridized carbons (Fsp3) is 0.538. The summed E-state index contributed by atoms with van der Waals surface area (Å²) >= 11 is 1.77. The molecule has 1 heterocycles. The first-order chi connectivity index (χ1) is 7.63. The van der Waals surface area contributed by atoms with Gasteiger partial charge in [-0.25, -0.2) is 0 Å². The van der Waals surface area contributed by atoms with E-state index in [4.69, 9.17) is 5.73 Å². The summed E-state index contributed by atoms with van der Waals surface area (Å²) in [5.41, 5.74) is 6.51. The van der Waals surface area contributed by atoms with Gasteiger partial charge >= 0.3 is 0 Å². The zero-order chi connectivity index (χ0) is 12.0. The maximum atomic E-state index is 5.38. The highest BCUT2D eigenvalue weighted by atomic mass is 32.1. The zero-order valence-electron chi connectivity index (χ0n) is 10.3. The molecule has 0 radical (unpaired) electrons. The molecule has 0 aromatic carbocycles. The van der Waals surface area contributed by atoms with E-state index in [2.05, 4.69) is 49.1 Å². The average molecular weight is 236 g/mol. The summed E-state index contributed by atoms with van der Waals surface area (Å²) in [5, 5.41) is 2.10. The topological polar surface area (TPSA) is 29.3 Å². The number of nitrogens with zero attached hydrogens (tertiary/aromatic N) is 1. The Morgan fingerprint density at radius 2 is 2.25 bits per heavy atom. The minimum atomic E-state index is 0.428. The second-order valence-corrected chi connectivity index (χ2v) is 5.35. The van der Waals surface area contributed by atoms with Crippen molar-refractivity contribution in [1.82, 2.24) is 4.90 Å². The maximum absolute atomic E-state index is 5.38. The van der Waals surface area contributed by atoms with Gasteiger partial charge in [-0.15, -0.1) is 11.3 Å². The number of thiophene rings is 1. The van der Waals surface area contributed by atoms with Crippen molar-refractivity contribution in [1.29, 1.82) is 0 Å². The monoisotopic (exact) mass is 236 g/mol. The molecule has 2 N–H and O–H groups in total. The van der Waals surface area contributed by atoms with Gasteiger partial charge in [-0.05, 0) is 24.4 Å². The molecule has 0 saturated carbocycles. The molecule has 1 aromatic rings. The quantitative estimate of drug-likeness (QED) is 0.812. The number of nitrogens with two attached hydrogens (primary N) is 1. The number of rotatable bonds is 4. The summed E-state index contributed by atoms with van der Waals surface area (Å²) in [5.74, 6) is 6.73. The van der Waals surface area contributed by atoms with Crippen LogP contribution in [-0.4, -0.2) is 25.0 Å². The molecule has 0 amide bonds. The lowest BCUT2D eigenvalue weighted by Crippen LogP contribution is -2.22. The molecule has 0 aliphatic heterocycles. The van der Waals surface area contributed by atoms with Gasteiger partial charge < -0.3 is 10.6 Å². The van der Waals surface area contributed by atoms with Crippen molar-refractivity contribution in [3.05, 3.63) is 21.9 Å². The normalized spacial score (nSPS) is 10.6. The summed E-state index contributed by atoms with van der Waals surface area (Å²) < 4.78 is 0. The Labute approximate surface area is 102 Å². The fourth-order valence-corrected chi connectivity index (χ4v) is 2.56. The van der Waals surface area contributed by atoms with Crippen molar-refractivity contribution < 1.29 is 0 Å². The van der Waals surface area contributed by atoms with E-state index in [0.29, 0.717) is 12.5 Å². The summed E-state index contributed by atoms with van der Waals surface area (Å²) in [6.45, 7) is 6.99. The lowest BCUT2D eigenvalue weighted by Gasteiger charge is -2.18. The van der Waals surface area contributed by atoms with Crippen molar-refractivity contribution in [2.45, 2.75) is 20.4 Å². The highest BCUT2D eigenvalue weighted by molar-refractivity contribution is 7.10. The molecule has 0 bridgehead atoms. The van der Waals surface area contributed by atoms with Crippen molar-refractivity contribution >= 4 is 11.3 Å². The molecule has 1 rings (SSSR count). The minimum Gasteiger partial charge on any atom is -0.320 e. The van der Waals surface area contributed by atoms with Crippen molar-refractivity contribution in [3.63, 3.8) is 0 Å². The zero-order valence-corrected chi connectivity index (χ0v) is 11.1. The van der Waals surface area contributed by atoms with Crippen molar-refractivity contribution in [2.24, 2.45) is 11.7 Å². The standard InChI is InChI=1S/C13H20N2S/c1-11(2)9-15(3)10-13-12(5-4-7-14)6-8-16-13/h6,8,11H,7,9-10,14H2,1-3H3. The first kappa shape index (κ1) is 13.2. The van der Waals surface area contributed by atoms with Crippen LogP contribution in [0.1, 0.15) is 24.3 Å². The van der Waals surface area contributed by atoms with Crippen LogP contribution in [-0.2, 0) is 6.54 Å². The highest BCUT2D eigenvalue weighted by Crippen LogP contribution is 2.17. The fourth-order valence-electron chi connectivity index (χ4n) is 1.65. The highest BCUT2D eigenvalue weighted by Gasteiger charge is 2.07. The summed E-state index contributed by atoms with van der Waals surface area (Å²) in [4.78, 5) is 3.67. The smallest absolute Gasteiger partial charge is 0.0555 e. The molecule has 88 valence electrons. The minimum absolute atomic E-state index is 0.428. The van der Waals surface area contributed by atoms with E-state index in [1.807, 2.05) is 0 Å². The van der Waals surface area contributed by atoms with Crippen LogP contribution in [0, 0.1) is 17.8 Å². The second-order valence-electron chi connectivity index (χ2n) is 4.35. The van der Waals surface area contributed by atoms with Crippen LogP contribution in [0.4, 0.5) is 0 Å². The van der Waals surface area contributed by atoms with Crippen molar-refractivity contribution in [2.75, 3.05) is 20.1 Å². The molecule has 0 atom stereocenters. The predicted octanol–water partition coefficient (Wildman–Crippen LogP) is 2.15. The lowest BCUT2D eigenvalue weighted by atomic mass is 10.2. The Kier molecular flexibility index (Phi) is 5.54. The Morgan fingerprint density at radius 1 is 1.50 bits per heavy atom. The first-order valence-corrected chi connectivity index (χ1v) is 6.45. The van der Waals surface area contributed by atoms with E-state index < -0.39 is 0 Å². The SMILES string of the molecule is CC(C)CN(C)Cc1sccc1C#CCN. The van der Waals surface area contributed by atoms with Crippen molar-refractivity contribution in [3.8, 4) is 11.8 Å². The largest absolute Gasteiger partial charge is 0.320 e. The van der Waals surface area contributed by atoms with Gasteiger partial charge in [-0.1, -0.05) is 25.7 Å². The van der Waals surface area contributed by atoms with Gasteiger partial charge in [0, 0.05) is 23.5 Å². The molecule has 0 spiro atoms. The van der Waals surface area contributed by atoms with Crippen LogP contribution in [0.15, 0.2) is 11.4 Å². The van der Waals surface area contributed by atoms with Gasteiger partial charge in [0.05, 0.1) is 6.54 Å². The average Bonchev–Trinajstić information content (AvgIpc) is 2.61. The predicted molar refractivity (Wildman–Crippen MR) is 71.4 cm³/mol. The van der Waals surface area contributed by atoms with E-state index in [0.717, 1.165) is 18.7 Å². The molecule has 0 unspecified atom stereocenters. The molecule has 0 aliphatic carbocycles. The molecule has 1 aromatic heterocycles. The van der Waals surface area contributed by atoms with E-state index in [9.17, 15) is 0 Å². The molecule has 2 nitrogen and oxygen atoms in total.